The van der Waals surface area contributed by atoms with Crippen LogP contribution in [0.5, 0.6) is 0 Å². The third-order valence-corrected chi connectivity index (χ3v) is 5.90. The van der Waals surface area contributed by atoms with Gasteiger partial charge in [-0.2, -0.15) is 0 Å². The van der Waals surface area contributed by atoms with E-state index in [1.54, 1.807) is 18.5 Å². The zero-order valence-electron chi connectivity index (χ0n) is 17.3. The summed E-state index contributed by atoms with van der Waals surface area (Å²) < 4.78 is 2.16. The minimum absolute atomic E-state index is 0.187. The molecule has 4 rings (SSSR count). The molecule has 0 atom stereocenters. The van der Waals surface area contributed by atoms with Gasteiger partial charge in [-0.3, -0.25) is 14.6 Å². The molecule has 2 heterocycles. The highest BCUT2D eigenvalue weighted by molar-refractivity contribution is 6.08. The highest BCUT2D eigenvalue weighted by Gasteiger charge is 2.24. The summed E-state index contributed by atoms with van der Waals surface area (Å²) in [6, 6.07) is 14.6. The number of nitrogens with one attached hydrogen (secondary N) is 1. The van der Waals surface area contributed by atoms with E-state index in [1.165, 1.54) is 32.1 Å². The lowest BCUT2D eigenvalue weighted by molar-refractivity contribution is 0.102. The molecule has 1 fully saturated rings. The number of pyridine rings is 2. The van der Waals surface area contributed by atoms with Crippen LogP contribution in [-0.2, 0) is 6.54 Å². The molecule has 0 radical (unpaired) electrons. The van der Waals surface area contributed by atoms with Crippen LogP contribution in [-0.4, -0.2) is 15.5 Å². The number of para-hydroxylation sites is 1. The summed E-state index contributed by atoms with van der Waals surface area (Å²) in [5, 5.41) is 2.89. The minimum Gasteiger partial charge on any atom is -0.344 e. The smallest absolute Gasteiger partial charge is 0.261 e. The Labute approximate surface area is 176 Å². The summed E-state index contributed by atoms with van der Waals surface area (Å²) in [5.41, 5.74) is 3.00. The van der Waals surface area contributed by atoms with Crippen LogP contribution in [0.2, 0.25) is 0 Å². The van der Waals surface area contributed by atoms with Crippen LogP contribution in [0.15, 0.2) is 65.7 Å². The summed E-state index contributed by atoms with van der Waals surface area (Å²) in [6.45, 7) is 2.77. The second kappa shape index (κ2) is 9.08. The monoisotopic (exact) mass is 401 g/mol. The first-order chi connectivity index (χ1) is 14.6. The molecule has 1 aliphatic rings. The van der Waals surface area contributed by atoms with Gasteiger partial charge in [0.25, 0.3) is 5.91 Å². The third kappa shape index (κ3) is 4.35. The van der Waals surface area contributed by atoms with E-state index < -0.39 is 0 Å². The van der Waals surface area contributed by atoms with Crippen LogP contribution in [0.1, 0.15) is 48.2 Å². The van der Waals surface area contributed by atoms with Crippen molar-refractivity contribution in [3.05, 3.63) is 82.4 Å². The van der Waals surface area contributed by atoms with Gasteiger partial charge in [-0.25, -0.2) is 0 Å². The topological polar surface area (TPSA) is 64.0 Å². The van der Waals surface area contributed by atoms with E-state index in [4.69, 9.17) is 0 Å². The van der Waals surface area contributed by atoms with Crippen molar-refractivity contribution in [1.82, 2.24) is 9.55 Å². The number of aromatic nitrogens is 2. The van der Waals surface area contributed by atoms with Crippen LogP contribution < -0.4 is 10.7 Å². The molecule has 5 nitrogen and oxygen atoms in total. The Balaban J connectivity index is 1.82. The molecule has 0 saturated heterocycles. The molecule has 3 aromatic rings. The Morgan fingerprint density at radius 1 is 1.07 bits per heavy atom. The number of anilines is 1. The number of aryl methyl sites for hydroxylation is 1. The second-order valence-corrected chi connectivity index (χ2v) is 8.04. The highest BCUT2D eigenvalue weighted by atomic mass is 16.2. The maximum Gasteiger partial charge on any atom is 0.261 e. The predicted molar refractivity (Wildman–Crippen MR) is 120 cm³/mol. The molecule has 0 aliphatic heterocycles. The largest absolute Gasteiger partial charge is 0.344 e. The van der Waals surface area contributed by atoms with Crippen molar-refractivity contribution in [2.45, 2.75) is 45.6 Å². The Morgan fingerprint density at radius 2 is 1.77 bits per heavy atom. The number of hydrogen-bond donors (Lipinski definition) is 1. The molecule has 30 heavy (non-hydrogen) atoms. The van der Waals surface area contributed by atoms with Crippen molar-refractivity contribution in [3.8, 4) is 11.3 Å². The second-order valence-electron chi connectivity index (χ2n) is 8.04. The standard InChI is InChI=1S/C25H27N3O2/c1-18-16-22(29)23(25(30)27-21-10-6-3-7-11-21)24(20-12-14-26-15-13-20)28(18)17-19-8-4-2-5-9-19/h3,6-7,10-16,19H,2,4-5,8-9,17H2,1H3,(H,27,30). The number of carbonyl (C=O) groups is 1. The Bertz CT molecular complexity index is 1070. The Hall–Kier alpha value is -3.21. The van der Waals surface area contributed by atoms with Crippen molar-refractivity contribution in [1.29, 1.82) is 0 Å². The molecule has 154 valence electrons. The zero-order valence-corrected chi connectivity index (χ0v) is 17.3. The summed E-state index contributed by atoms with van der Waals surface area (Å²) in [5.74, 6) is 0.181. The van der Waals surface area contributed by atoms with Crippen LogP contribution in [0.25, 0.3) is 11.3 Å². The van der Waals surface area contributed by atoms with Gasteiger partial charge >= 0.3 is 0 Å². The van der Waals surface area contributed by atoms with E-state index in [0.29, 0.717) is 17.3 Å². The molecule has 0 unspecified atom stereocenters. The number of amides is 1. The summed E-state index contributed by atoms with van der Waals surface area (Å²) >= 11 is 0. The lowest BCUT2D eigenvalue weighted by atomic mass is 9.88. The quantitative estimate of drug-likeness (QED) is 0.651. The molecule has 2 aromatic heterocycles. The third-order valence-electron chi connectivity index (χ3n) is 5.90. The number of nitrogens with zero attached hydrogens (tertiary/aromatic N) is 2. The van der Waals surface area contributed by atoms with Gasteiger partial charge in [0.15, 0.2) is 5.43 Å². The van der Waals surface area contributed by atoms with E-state index in [-0.39, 0.29) is 16.9 Å². The summed E-state index contributed by atoms with van der Waals surface area (Å²) in [6.07, 6.45) is 9.56. The molecule has 5 heteroatoms. The fourth-order valence-corrected chi connectivity index (χ4v) is 4.38. The van der Waals surface area contributed by atoms with Crippen LogP contribution in [0.4, 0.5) is 5.69 Å². The predicted octanol–water partition coefficient (Wildman–Crippen LogP) is 5.05. The van der Waals surface area contributed by atoms with Gasteiger partial charge < -0.3 is 9.88 Å². The number of hydrogen-bond acceptors (Lipinski definition) is 3. The van der Waals surface area contributed by atoms with Crippen LogP contribution in [0, 0.1) is 12.8 Å². The van der Waals surface area contributed by atoms with Gasteiger partial charge in [-0.05, 0) is 49.9 Å². The van der Waals surface area contributed by atoms with E-state index in [9.17, 15) is 9.59 Å². The molecule has 1 N–H and O–H groups in total. The molecule has 1 aliphatic carbocycles. The number of rotatable bonds is 5. The molecular formula is C25H27N3O2. The minimum atomic E-state index is -0.379. The first-order valence-electron chi connectivity index (χ1n) is 10.6. The van der Waals surface area contributed by atoms with Gasteiger partial charge in [0.2, 0.25) is 0 Å². The van der Waals surface area contributed by atoms with Gasteiger partial charge in [0.1, 0.15) is 5.56 Å². The van der Waals surface area contributed by atoms with E-state index in [0.717, 1.165) is 17.8 Å². The average molecular weight is 402 g/mol. The average Bonchev–Trinajstić information content (AvgIpc) is 2.77. The first kappa shape index (κ1) is 20.1. The Kier molecular flexibility index (Phi) is 6.07. The van der Waals surface area contributed by atoms with Crippen molar-refractivity contribution in [2.24, 2.45) is 5.92 Å². The molecular weight excluding hydrogens is 374 g/mol. The van der Waals surface area contributed by atoms with E-state index in [1.807, 2.05) is 49.4 Å². The zero-order chi connectivity index (χ0) is 20.9. The Morgan fingerprint density at radius 3 is 2.47 bits per heavy atom. The summed E-state index contributed by atoms with van der Waals surface area (Å²) in [7, 11) is 0. The lowest BCUT2D eigenvalue weighted by Crippen LogP contribution is -2.28. The van der Waals surface area contributed by atoms with Gasteiger partial charge in [-0.15, -0.1) is 0 Å². The number of benzene rings is 1. The van der Waals surface area contributed by atoms with Gasteiger partial charge in [-0.1, -0.05) is 37.5 Å². The molecule has 0 spiro atoms. The van der Waals surface area contributed by atoms with Crippen molar-refractivity contribution >= 4 is 11.6 Å². The highest BCUT2D eigenvalue weighted by Crippen LogP contribution is 2.29. The van der Waals surface area contributed by atoms with E-state index in [2.05, 4.69) is 14.9 Å². The molecule has 0 bridgehead atoms. The van der Waals surface area contributed by atoms with Crippen LogP contribution in [0.3, 0.4) is 0 Å². The SMILES string of the molecule is Cc1cc(=O)c(C(=O)Nc2ccccc2)c(-c2ccncc2)n1CC1CCCCC1. The maximum atomic E-state index is 13.2. The molecule has 1 aromatic carbocycles. The van der Waals surface area contributed by atoms with Gasteiger partial charge in [0.05, 0.1) is 5.69 Å². The van der Waals surface area contributed by atoms with Crippen molar-refractivity contribution in [3.63, 3.8) is 0 Å². The first-order valence-corrected chi connectivity index (χ1v) is 10.6. The van der Waals surface area contributed by atoms with E-state index >= 15 is 0 Å². The fourth-order valence-electron chi connectivity index (χ4n) is 4.38. The van der Waals surface area contributed by atoms with Crippen molar-refractivity contribution < 1.29 is 4.79 Å². The van der Waals surface area contributed by atoms with Crippen LogP contribution >= 0.6 is 0 Å². The summed E-state index contributed by atoms with van der Waals surface area (Å²) in [4.78, 5) is 30.4. The normalized spacial score (nSPS) is 14.4. The number of carbonyl (C=O) groups excluding carboxylic acids is 1. The maximum absolute atomic E-state index is 13.2. The van der Waals surface area contributed by atoms with Crippen molar-refractivity contribution in [2.75, 3.05) is 5.32 Å². The lowest BCUT2D eigenvalue weighted by Gasteiger charge is -2.27. The fraction of sp³-hybridized carbons (Fsp3) is 0.320. The molecule has 1 saturated carbocycles. The van der Waals surface area contributed by atoms with Gasteiger partial charge in [0, 0.05) is 41.9 Å². The molecule has 1 amide bonds.